The molecule has 0 atom stereocenters. The molecular formula is C15H14N2O4. The zero-order valence-electron chi connectivity index (χ0n) is 11.3. The van der Waals surface area contributed by atoms with Crippen molar-refractivity contribution in [3.8, 4) is 0 Å². The molecule has 2 heterocycles. The largest absolute Gasteiger partial charge is 0.452 e. The van der Waals surface area contributed by atoms with E-state index in [1.807, 2.05) is 18.2 Å². The minimum Gasteiger partial charge on any atom is -0.452 e. The fourth-order valence-corrected chi connectivity index (χ4v) is 2.44. The fraction of sp³-hybridized carbons (Fsp3) is 0.267. The minimum atomic E-state index is -0.576. The van der Waals surface area contributed by atoms with Crippen molar-refractivity contribution in [2.75, 3.05) is 13.2 Å². The first-order valence-corrected chi connectivity index (χ1v) is 6.73. The molecule has 0 aliphatic carbocycles. The smallest absolute Gasteiger partial charge is 0.340 e. The van der Waals surface area contributed by atoms with Gasteiger partial charge < -0.3 is 9.72 Å². The van der Waals surface area contributed by atoms with Crippen LogP contribution in [0, 0.1) is 0 Å². The van der Waals surface area contributed by atoms with Crippen molar-refractivity contribution in [3.05, 3.63) is 36.0 Å². The molecular weight excluding hydrogens is 272 g/mol. The molecule has 0 radical (unpaired) electrons. The highest BCUT2D eigenvalue weighted by Crippen LogP contribution is 2.18. The number of nitrogens with zero attached hydrogens (tertiary/aromatic N) is 1. The lowest BCUT2D eigenvalue weighted by Crippen LogP contribution is -2.35. The van der Waals surface area contributed by atoms with E-state index in [-0.39, 0.29) is 5.91 Å². The maximum Gasteiger partial charge on any atom is 0.340 e. The third kappa shape index (κ3) is 2.52. The number of ether oxygens (including phenoxy) is 1. The monoisotopic (exact) mass is 286 g/mol. The maximum absolute atomic E-state index is 12.0. The van der Waals surface area contributed by atoms with Crippen molar-refractivity contribution >= 4 is 28.7 Å². The van der Waals surface area contributed by atoms with Gasteiger partial charge in [0, 0.05) is 30.1 Å². The summed E-state index contributed by atoms with van der Waals surface area (Å²) < 4.78 is 5.01. The second-order valence-electron chi connectivity index (χ2n) is 4.87. The SMILES string of the molecule is O=C(OCC(=O)N1CCCC1=O)c1c[nH]c2ccccc12. The molecule has 2 amide bonds. The number of amides is 2. The number of fused-ring (bicyclic) bond motifs is 1. The number of hydrogen-bond donors (Lipinski definition) is 1. The van der Waals surface area contributed by atoms with Crippen LogP contribution in [-0.4, -0.2) is 40.8 Å². The number of esters is 1. The summed E-state index contributed by atoms with van der Waals surface area (Å²) in [6.07, 6.45) is 2.60. The van der Waals surface area contributed by atoms with Crippen LogP contribution in [0.2, 0.25) is 0 Å². The number of likely N-dealkylation sites (tertiary alicyclic amines) is 1. The molecule has 21 heavy (non-hydrogen) atoms. The van der Waals surface area contributed by atoms with Crippen LogP contribution >= 0.6 is 0 Å². The van der Waals surface area contributed by atoms with Crippen LogP contribution in [-0.2, 0) is 14.3 Å². The van der Waals surface area contributed by atoms with E-state index in [2.05, 4.69) is 4.98 Å². The van der Waals surface area contributed by atoms with Gasteiger partial charge in [-0.3, -0.25) is 14.5 Å². The van der Waals surface area contributed by atoms with Gasteiger partial charge in [-0.1, -0.05) is 18.2 Å². The topological polar surface area (TPSA) is 79.5 Å². The Balaban J connectivity index is 1.67. The number of para-hydroxylation sites is 1. The Morgan fingerprint density at radius 2 is 2.10 bits per heavy atom. The molecule has 1 aromatic heterocycles. The summed E-state index contributed by atoms with van der Waals surface area (Å²) in [5.41, 5.74) is 1.21. The van der Waals surface area contributed by atoms with E-state index in [1.165, 1.54) is 0 Å². The van der Waals surface area contributed by atoms with Crippen LogP contribution in [0.25, 0.3) is 10.9 Å². The number of aromatic nitrogens is 1. The maximum atomic E-state index is 12.0. The van der Waals surface area contributed by atoms with E-state index < -0.39 is 18.5 Å². The first-order valence-electron chi connectivity index (χ1n) is 6.73. The first kappa shape index (κ1) is 13.4. The summed E-state index contributed by atoms with van der Waals surface area (Å²) >= 11 is 0. The Bertz CT molecular complexity index is 719. The number of carbonyl (C=O) groups excluding carboxylic acids is 3. The van der Waals surface area contributed by atoms with E-state index in [4.69, 9.17) is 4.74 Å². The Hall–Kier alpha value is -2.63. The normalized spacial score (nSPS) is 14.7. The van der Waals surface area contributed by atoms with Gasteiger partial charge in [0.1, 0.15) is 0 Å². The number of benzene rings is 1. The molecule has 1 saturated heterocycles. The molecule has 0 saturated carbocycles. The second kappa shape index (κ2) is 5.40. The van der Waals surface area contributed by atoms with E-state index >= 15 is 0 Å². The lowest BCUT2D eigenvalue weighted by Gasteiger charge is -2.13. The van der Waals surface area contributed by atoms with Crippen molar-refractivity contribution in [1.29, 1.82) is 0 Å². The average molecular weight is 286 g/mol. The third-order valence-corrected chi connectivity index (χ3v) is 3.51. The van der Waals surface area contributed by atoms with Crippen molar-refractivity contribution in [2.45, 2.75) is 12.8 Å². The van der Waals surface area contributed by atoms with E-state index in [9.17, 15) is 14.4 Å². The van der Waals surface area contributed by atoms with Gasteiger partial charge in [0.25, 0.3) is 5.91 Å². The van der Waals surface area contributed by atoms with Crippen LogP contribution in [0.5, 0.6) is 0 Å². The molecule has 1 aliphatic heterocycles. The molecule has 6 heteroatoms. The number of aromatic amines is 1. The Morgan fingerprint density at radius 3 is 2.86 bits per heavy atom. The summed E-state index contributed by atoms with van der Waals surface area (Å²) in [7, 11) is 0. The lowest BCUT2D eigenvalue weighted by atomic mass is 10.2. The summed E-state index contributed by atoms with van der Waals surface area (Å²) in [5, 5.41) is 0.743. The Morgan fingerprint density at radius 1 is 1.29 bits per heavy atom. The van der Waals surface area contributed by atoms with Crippen molar-refractivity contribution in [2.24, 2.45) is 0 Å². The molecule has 1 aliphatic rings. The van der Waals surface area contributed by atoms with Crippen LogP contribution in [0.15, 0.2) is 30.5 Å². The number of imide groups is 1. The Kier molecular flexibility index (Phi) is 3.43. The third-order valence-electron chi connectivity index (χ3n) is 3.51. The zero-order valence-corrected chi connectivity index (χ0v) is 11.3. The predicted octanol–water partition coefficient (Wildman–Crippen LogP) is 1.47. The summed E-state index contributed by atoms with van der Waals surface area (Å²) in [5.74, 6) is -1.25. The molecule has 0 spiro atoms. The van der Waals surface area contributed by atoms with Crippen LogP contribution in [0.1, 0.15) is 23.2 Å². The summed E-state index contributed by atoms with van der Waals surface area (Å²) in [4.78, 5) is 39.4. The zero-order chi connectivity index (χ0) is 14.8. The summed E-state index contributed by atoms with van der Waals surface area (Å²) in [6.45, 7) is -0.00756. The molecule has 1 fully saturated rings. The molecule has 0 bridgehead atoms. The number of nitrogens with one attached hydrogen (secondary N) is 1. The van der Waals surface area contributed by atoms with Crippen LogP contribution < -0.4 is 0 Å². The summed E-state index contributed by atoms with van der Waals surface area (Å²) in [6, 6.07) is 7.33. The van der Waals surface area contributed by atoms with Crippen molar-refractivity contribution < 1.29 is 19.1 Å². The quantitative estimate of drug-likeness (QED) is 0.867. The predicted molar refractivity (Wildman–Crippen MR) is 74.5 cm³/mol. The molecule has 0 unspecified atom stereocenters. The lowest BCUT2D eigenvalue weighted by molar-refractivity contribution is -0.143. The van der Waals surface area contributed by atoms with Gasteiger partial charge in [-0.2, -0.15) is 0 Å². The van der Waals surface area contributed by atoms with Crippen LogP contribution in [0.4, 0.5) is 0 Å². The number of rotatable bonds is 3. The second-order valence-corrected chi connectivity index (χ2v) is 4.87. The molecule has 108 valence electrons. The van der Waals surface area contributed by atoms with E-state index in [1.54, 1.807) is 12.3 Å². The highest BCUT2D eigenvalue weighted by atomic mass is 16.5. The standard InChI is InChI=1S/C15H14N2O4/c18-13-6-3-7-17(13)14(19)9-21-15(20)11-8-16-12-5-2-1-4-10(11)12/h1-2,4-5,8,16H,3,6-7,9H2. The van der Waals surface area contributed by atoms with Gasteiger partial charge in [0.2, 0.25) is 5.91 Å². The highest BCUT2D eigenvalue weighted by Gasteiger charge is 2.27. The van der Waals surface area contributed by atoms with Crippen LogP contribution in [0.3, 0.4) is 0 Å². The minimum absolute atomic E-state index is 0.205. The van der Waals surface area contributed by atoms with Gasteiger partial charge in [-0.15, -0.1) is 0 Å². The van der Waals surface area contributed by atoms with Crippen molar-refractivity contribution in [3.63, 3.8) is 0 Å². The number of carbonyl (C=O) groups is 3. The van der Waals surface area contributed by atoms with Gasteiger partial charge in [0.15, 0.2) is 6.61 Å². The van der Waals surface area contributed by atoms with E-state index in [0.717, 1.165) is 15.8 Å². The van der Waals surface area contributed by atoms with Crippen molar-refractivity contribution in [1.82, 2.24) is 9.88 Å². The van der Waals surface area contributed by atoms with Gasteiger partial charge >= 0.3 is 5.97 Å². The first-order chi connectivity index (χ1) is 10.2. The molecule has 1 aromatic carbocycles. The van der Waals surface area contributed by atoms with Gasteiger partial charge in [0.05, 0.1) is 5.56 Å². The number of hydrogen-bond acceptors (Lipinski definition) is 4. The number of H-pyrrole nitrogens is 1. The Labute approximate surface area is 120 Å². The fourth-order valence-electron chi connectivity index (χ4n) is 2.44. The molecule has 1 N–H and O–H groups in total. The molecule has 2 aromatic rings. The van der Waals surface area contributed by atoms with E-state index in [0.29, 0.717) is 24.9 Å². The molecule has 6 nitrogen and oxygen atoms in total. The van der Waals surface area contributed by atoms with Gasteiger partial charge in [-0.25, -0.2) is 4.79 Å². The van der Waals surface area contributed by atoms with Gasteiger partial charge in [-0.05, 0) is 12.5 Å². The highest BCUT2D eigenvalue weighted by molar-refractivity contribution is 6.05. The molecule has 3 rings (SSSR count). The average Bonchev–Trinajstić information content (AvgIpc) is 3.10.